The first-order valence-electron chi connectivity index (χ1n) is 6.91. The Labute approximate surface area is 131 Å². The molecule has 1 aromatic heterocycles. The molecule has 0 atom stereocenters. The van der Waals surface area contributed by atoms with Crippen LogP contribution in [0.15, 0.2) is 63.8 Å². The van der Waals surface area contributed by atoms with Gasteiger partial charge < -0.3 is 9.15 Å². The van der Waals surface area contributed by atoms with E-state index in [1.165, 1.54) is 13.2 Å². The highest BCUT2D eigenvalue weighted by molar-refractivity contribution is 5.97. The van der Waals surface area contributed by atoms with Crippen LogP contribution in [-0.4, -0.2) is 13.0 Å². The van der Waals surface area contributed by atoms with E-state index in [0.717, 1.165) is 0 Å². The number of hydrazine groups is 1. The van der Waals surface area contributed by atoms with Crippen molar-refractivity contribution < 1.29 is 13.9 Å². The fourth-order valence-corrected chi connectivity index (χ4v) is 2.15. The Morgan fingerprint density at radius 3 is 2.61 bits per heavy atom. The molecule has 3 aromatic rings. The van der Waals surface area contributed by atoms with Crippen molar-refractivity contribution in [3.63, 3.8) is 0 Å². The minimum atomic E-state index is -0.727. The van der Waals surface area contributed by atoms with Gasteiger partial charge in [-0.2, -0.15) is 0 Å². The maximum absolute atomic E-state index is 12.2. The molecule has 2 N–H and O–H groups in total. The Morgan fingerprint density at radius 2 is 1.87 bits per heavy atom. The van der Waals surface area contributed by atoms with Gasteiger partial charge in [0.25, 0.3) is 5.91 Å². The summed E-state index contributed by atoms with van der Waals surface area (Å²) in [7, 11) is 1.49. The lowest BCUT2D eigenvalue weighted by Gasteiger charge is -2.08. The van der Waals surface area contributed by atoms with Crippen molar-refractivity contribution in [2.75, 3.05) is 12.5 Å². The smallest absolute Gasteiger partial charge is 0.349 e. The lowest BCUT2D eigenvalue weighted by Crippen LogP contribution is -2.32. The normalized spacial score (nSPS) is 10.3. The number of nitrogens with one attached hydrogen (secondary N) is 2. The summed E-state index contributed by atoms with van der Waals surface area (Å²) in [5.41, 5.74) is 5.40. The molecule has 0 saturated carbocycles. The van der Waals surface area contributed by atoms with Gasteiger partial charge in [-0.3, -0.25) is 15.6 Å². The maximum Gasteiger partial charge on any atom is 0.349 e. The third kappa shape index (κ3) is 3.01. The van der Waals surface area contributed by atoms with Crippen LogP contribution in [-0.2, 0) is 0 Å². The third-order valence-corrected chi connectivity index (χ3v) is 3.28. The fourth-order valence-electron chi connectivity index (χ4n) is 2.15. The van der Waals surface area contributed by atoms with E-state index in [1.54, 1.807) is 30.3 Å². The zero-order chi connectivity index (χ0) is 16.2. The molecule has 0 unspecified atom stereocenters. The summed E-state index contributed by atoms with van der Waals surface area (Å²) in [6, 6.07) is 15.7. The van der Waals surface area contributed by atoms with Gasteiger partial charge in [0.15, 0.2) is 11.3 Å². The van der Waals surface area contributed by atoms with Crippen LogP contribution in [0.3, 0.4) is 0 Å². The molecule has 1 heterocycles. The number of carbonyl (C=O) groups is 1. The van der Waals surface area contributed by atoms with Gasteiger partial charge in [0.1, 0.15) is 5.56 Å². The molecule has 23 heavy (non-hydrogen) atoms. The number of para-hydroxylation sites is 2. The number of benzene rings is 2. The summed E-state index contributed by atoms with van der Waals surface area (Å²) in [5, 5.41) is 0.605. The van der Waals surface area contributed by atoms with Crippen LogP contribution in [0.25, 0.3) is 11.0 Å². The molecule has 0 aliphatic heterocycles. The standard InChI is InChI=1S/C17H14N2O4/c1-22-14-9-5-6-11-10-13(17(21)23-15(11)14)16(20)19-18-12-7-3-2-4-8-12/h2-10,18H,1H3,(H,19,20). The maximum atomic E-state index is 12.2. The van der Waals surface area contributed by atoms with Gasteiger partial charge in [-0.25, -0.2) is 4.79 Å². The largest absolute Gasteiger partial charge is 0.493 e. The number of rotatable bonds is 4. The average Bonchev–Trinajstić information content (AvgIpc) is 2.59. The molecule has 2 aromatic carbocycles. The molecule has 0 radical (unpaired) electrons. The second kappa shape index (κ2) is 6.23. The first-order valence-corrected chi connectivity index (χ1v) is 6.91. The number of carbonyl (C=O) groups excluding carboxylic acids is 1. The van der Waals surface area contributed by atoms with Gasteiger partial charge in [-0.1, -0.05) is 30.3 Å². The highest BCUT2D eigenvalue weighted by Crippen LogP contribution is 2.24. The van der Waals surface area contributed by atoms with Crippen LogP contribution in [0, 0.1) is 0 Å². The van der Waals surface area contributed by atoms with Crippen LogP contribution >= 0.6 is 0 Å². The number of amides is 1. The number of ether oxygens (including phenoxy) is 1. The molecule has 0 aliphatic rings. The van der Waals surface area contributed by atoms with Crippen LogP contribution in [0.2, 0.25) is 0 Å². The van der Waals surface area contributed by atoms with E-state index in [1.807, 2.05) is 18.2 Å². The van der Waals surface area contributed by atoms with Crippen LogP contribution < -0.4 is 21.2 Å². The summed E-state index contributed by atoms with van der Waals surface area (Å²) in [6.45, 7) is 0. The summed E-state index contributed by atoms with van der Waals surface area (Å²) in [6.07, 6.45) is 0. The Hall–Kier alpha value is -3.28. The van der Waals surface area contributed by atoms with Gasteiger partial charge in [-0.15, -0.1) is 0 Å². The fraction of sp³-hybridized carbons (Fsp3) is 0.0588. The Kier molecular flexibility index (Phi) is 3.97. The molecule has 6 heteroatoms. The van der Waals surface area contributed by atoms with Crippen molar-refractivity contribution in [1.29, 1.82) is 0 Å². The van der Waals surface area contributed by atoms with E-state index in [9.17, 15) is 9.59 Å². The lowest BCUT2D eigenvalue weighted by molar-refractivity contribution is 0.0959. The second-order valence-corrected chi connectivity index (χ2v) is 4.77. The number of fused-ring (bicyclic) bond motifs is 1. The molecule has 6 nitrogen and oxygen atoms in total. The molecule has 0 spiro atoms. The van der Waals surface area contributed by atoms with Gasteiger partial charge in [0, 0.05) is 5.39 Å². The Morgan fingerprint density at radius 1 is 1.09 bits per heavy atom. The van der Waals surface area contributed by atoms with Crippen LogP contribution in [0.4, 0.5) is 5.69 Å². The molecule has 116 valence electrons. The van der Waals surface area contributed by atoms with Crippen molar-refractivity contribution >= 4 is 22.6 Å². The monoisotopic (exact) mass is 310 g/mol. The molecular formula is C17H14N2O4. The SMILES string of the molecule is COc1cccc2cc(C(=O)NNc3ccccc3)c(=O)oc12. The van der Waals surface area contributed by atoms with Crippen molar-refractivity contribution in [3.8, 4) is 5.75 Å². The molecule has 0 fully saturated rings. The zero-order valence-electron chi connectivity index (χ0n) is 12.3. The van der Waals surface area contributed by atoms with E-state index in [-0.39, 0.29) is 5.56 Å². The first kappa shape index (κ1) is 14.6. The van der Waals surface area contributed by atoms with E-state index in [4.69, 9.17) is 9.15 Å². The van der Waals surface area contributed by atoms with Crippen LogP contribution in [0.5, 0.6) is 5.75 Å². The summed E-state index contributed by atoms with van der Waals surface area (Å²) in [4.78, 5) is 24.2. The topological polar surface area (TPSA) is 80.6 Å². The summed E-state index contributed by atoms with van der Waals surface area (Å²) in [5.74, 6) is -0.138. The minimum Gasteiger partial charge on any atom is -0.493 e. The highest BCUT2D eigenvalue weighted by atomic mass is 16.5. The van der Waals surface area contributed by atoms with Crippen molar-refractivity contribution in [3.05, 3.63) is 70.6 Å². The molecular weight excluding hydrogens is 296 g/mol. The van der Waals surface area contributed by atoms with E-state index in [0.29, 0.717) is 22.4 Å². The number of hydrogen-bond acceptors (Lipinski definition) is 5. The van der Waals surface area contributed by atoms with Gasteiger partial charge in [-0.05, 0) is 24.3 Å². The average molecular weight is 310 g/mol. The minimum absolute atomic E-state index is 0.0887. The summed E-state index contributed by atoms with van der Waals surface area (Å²) < 4.78 is 10.4. The number of hydrogen-bond donors (Lipinski definition) is 2. The molecule has 0 aliphatic carbocycles. The predicted octanol–water partition coefficient (Wildman–Crippen LogP) is 2.56. The molecule has 0 bridgehead atoms. The Bertz CT molecular complexity index is 903. The number of methoxy groups -OCH3 is 1. The predicted molar refractivity (Wildman–Crippen MR) is 86.6 cm³/mol. The molecule has 0 saturated heterocycles. The number of anilines is 1. The van der Waals surface area contributed by atoms with Crippen molar-refractivity contribution in [2.45, 2.75) is 0 Å². The Balaban J connectivity index is 1.89. The van der Waals surface area contributed by atoms with E-state index < -0.39 is 11.5 Å². The van der Waals surface area contributed by atoms with Crippen molar-refractivity contribution in [2.24, 2.45) is 0 Å². The third-order valence-electron chi connectivity index (χ3n) is 3.28. The van der Waals surface area contributed by atoms with Gasteiger partial charge >= 0.3 is 5.63 Å². The second-order valence-electron chi connectivity index (χ2n) is 4.77. The highest BCUT2D eigenvalue weighted by Gasteiger charge is 2.15. The quantitative estimate of drug-likeness (QED) is 0.572. The molecule has 3 rings (SSSR count). The van der Waals surface area contributed by atoms with E-state index >= 15 is 0 Å². The first-order chi connectivity index (χ1) is 11.2. The van der Waals surface area contributed by atoms with Crippen LogP contribution in [0.1, 0.15) is 10.4 Å². The lowest BCUT2D eigenvalue weighted by atomic mass is 10.1. The van der Waals surface area contributed by atoms with Crippen molar-refractivity contribution in [1.82, 2.24) is 5.43 Å². The zero-order valence-corrected chi connectivity index (χ0v) is 12.3. The van der Waals surface area contributed by atoms with Gasteiger partial charge in [0.2, 0.25) is 0 Å². The summed E-state index contributed by atoms with van der Waals surface area (Å²) >= 11 is 0. The molecule has 1 amide bonds. The van der Waals surface area contributed by atoms with E-state index in [2.05, 4.69) is 10.9 Å². The van der Waals surface area contributed by atoms with Gasteiger partial charge in [0.05, 0.1) is 12.8 Å².